The third kappa shape index (κ3) is 7.93. The largest absolute Gasteiger partial charge is 0.480 e. The number of carbonyl (C=O) groups is 4. The molecule has 4 bridgehead atoms. The number of nitrogens with two attached hydrogens (primary N) is 1. The lowest BCUT2D eigenvalue weighted by molar-refractivity contribution is -0.143. The van der Waals surface area contributed by atoms with Gasteiger partial charge in [0.05, 0.1) is 12.1 Å². The molecule has 4 aliphatic heterocycles. The maximum absolute atomic E-state index is 12.8. The summed E-state index contributed by atoms with van der Waals surface area (Å²) in [5, 5.41) is 15.1. The molecule has 8 fully saturated rings. The lowest BCUT2D eigenvalue weighted by atomic mass is 9.54. The van der Waals surface area contributed by atoms with Gasteiger partial charge in [0.25, 0.3) is 0 Å². The molecule has 0 unspecified atom stereocenters. The zero-order chi connectivity index (χ0) is 38.2. The standard InChI is InChI=1S/C21H27N3O3.C14H16N2O4.C7H13N/c25-19(22-16-11-21(12-16)9-4-10-21)18-8-7-17-13-23(18)20(26)24(17)27-14-15-5-2-1-3-6-15;17-13(18)12-7-6-11-8-15(12)14(19)16(11)20-9-10-4-2-1-3-5-10;8-6-4-7(5-6)2-1-3-7/h1-3,5-6,16-18H,4,7-14H2,(H,22,25);1-5,11-12H,6-9H2,(H,17,18);6H,1-5,8H2/t17-,18+;11-,12+;/m11./s1. The van der Waals surface area contributed by atoms with Crippen molar-refractivity contribution in [2.75, 3.05) is 13.1 Å². The van der Waals surface area contributed by atoms with Gasteiger partial charge in [0.15, 0.2) is 0 Å². The highest BCUT2D eigenvalue weighted by Crippen LogP contribution is 2.56. The Kier molecular flexibility index (Phi) is 10.8. The smallest absolute Gasteiger partial charge is 0.345 e. The summed E-state index contributed by atoms with van der Waals surface area (Å²) in [5.74, 6) is -0.924. The van der Waals surface area contributed by atoms with Crippen LogP contribution < -0.4 is 11.1 Å². The molecule has 10 rings (SSSR count). The van der Waals surface area contributed by atoms with Crippen molar-refractivity contribution in [2.24, 2.45) is 16.6 Å². The number of carboxylic acids is 1. The van der Waals surface area contributed by atoms with E-state index in [4.69, 9.17) is 20.5 Å². The molecule has 4 saturated heterocycles. The number of carbonyl (C=O) groups excluding carboxylic acids is 3. The summed E-state index contributed by atoms with van der Waals surface area (Å²) in [7, 11) is 0. The minimum atomic E-state index is -0.943. The van der Waals surface area contributed by atoms with Gasteiger partial charge in [-0.05, 0) is 99.0 Å². The Labute approximate surface area is 323 Å². The number of amides is 5. The summed E-state index contributed by atoms with van der Waals surface area (Å²) in [6.45, 7) is 1.71. The van der Waals surface area contributed by atoms with Crippen molar-refractivity contribution in [3.63, 3.8) is 0 Å². The number of nitrogens with one attached hydrogen (secondary N) is 1. The maximum atomic E-state index is 12.8. The van der Waals surface area contributed by atoms with Crippen LogP contribution in [0.4, 0.5) is 9.59 Å². The highest BCUT2D eigenvalue weighted by atomic mass is 16.7. The first-order valence-electron chi connectivity index (χ1n) is 20.4. The summed E-state index contributed by atoms with van der Waals surface area (Å²) in [5.41, 5.74) is 9.01. The first kappa shape index (κ1) is 37.7. The van der Waals surface area contributed by atoms with E-state index in [1.54, 1.807) is 4.90 Å². The second kappa shape index (κ2) is 15.7. The van der Waals surface area contributed by atoms with Crippen LogP contribution >= 0.6 is 0 Å². The fourth-order valence-electron chi connectivity index (χ4n) is 10.2. The van der Waals surface area contributed by atoms with Gasteiger partial charge in [0.1, 0.15) is 25.3 Å². The second-order valence-corrected chi connectivity index (χ2v) is 17.4. The highest BCUT2D eigenvalue weighted by molar-refractivity contribution is 5.89. The third-order valence-electron chi connectivity index (χ3n) is 13.6. The summed E-state index contributed by atoms with van der Waals surface area (Å²) < 4.78 is 0. The van der Waals surface area contributed by atoms with Crippen LogP contribution in [0.2, 0.25) is 0 Å². The van der Waals surface area contributed by atoms with Gasteiger partial charge in [-0.2, -0.15) is 10.1 Å². The predicted molar refractivity (Wildman–Crippen MR) is 203 cm³/mol. The van der Waals surface area contributed by atoms with Crippen molar-refractivity contribution in [1.29, 1.82) is 0 Å². The second-order valence-electron chi connectivity index (χ2n) is 17.4. The van der Waals surface area contributed by atoms with E-state index in [1.807, 2.05) is 60.7 Å². The number of hydrogen-bond acceptors (Lipinski definition) is 7. The summed E-state index contributed by atoms with van der Waals surface area (Å²) in [6, 6.07) is 18.7. The van der Waals surface area contributed by atoms with Gasteiger partial charge in [-0.15, -0.1) is 0 Å². The molecule has 4 heterocycles. The van der Waals surface area contributed by atoms with Crippen LogP contribution in [0, 0.1) is 10.8 Å². The minimum Gasteiger partial charge on any atom is -0.480 e. The molecule has 2 spiro atoms. The van der Waals surface area contributed by atoms with Crippen molar-refractivity contribution < 1.29 is 34.0 Å². The van der Waals surface area contributed by atoms with Crippen LogP contribution in [-0.4, -0.2) is 98.3 Å². The van der Waals surface area contributed by atoms with E-state index in [0.29, 0.717) is 63.1 Å². The Morgan fingerprint density at radius 3 is 1.56 bits per heavy atom. The molecule has 4 N–H and O–H groups in total. The lowest BCUT2D eigenvalue weighted by Gasteiger charge is -2.54. The van der Waals surface area contributed by atoms with Crippen molar-refractivity contribution in [3.8, 4) is 0 Å². The first-order chi connectivity index (χ1) is 26.6. The molecule has 5 amide bonds. The molecular formula is C42H56N6O7. The average Bonchev–Trinajstić information content (AvgIpc) is 3.51. The summed E-state index contributed by atoms with van der Waals surface area (Å²) in [6.07, 6.45) is 16.0. The SMILES string of the molecule is NC1CC2(CCC2)C1.O=C(NC1CC2(CCC2)C1)[C@@H]1CC[C@@H]2CN1C(=O)N2OCc1ccccc1.O=C(O)[C@@H]1CC[C@@H]2CN1C(=O)N2OCc1ccccc1. The Bertz CT molecular complexity index is 1690. The Hall–Kier alpha value is -4.20. The molecule has 8 aliphatic rings. The topological polar surface area (TPSA) is 158 Å². The molecule has 0 radical (unpaired) electrons. The van der Waals surface area contributed by atoms with Gasteiger partial charge >= 0.3 is 18.0 Å². The predicted octanol–water partition coefficient (Wildman–Crippen LogP) is 5.58. The molecule has 4 atom stereocenters. The summed E-state index contributed by atoms with van der Waals surface area (Å²) in [4.78, 5) is 63.4. The van der Waals surface area contributed by atoms with Crippen LogP contribution in [0.3, 0.4) is 0 Å². The number of carboxylic acid groups (broad SMARTS) is 1. The zero-order valence-electron chi connectivity index (χ0n) is 31.7. The maximum Gasteiger partial charge on any atom is 0.345 e. The number of hydroxylamine groups is 4. The van der Waals surface area contributed by atoms with E-state index in [-0.39, 0.29) is 36.1 Å². The van der Waals surface area contributed by atoms with Crippen LogP contribution in [0.5, 0.6) is 0 Å². The Morgan fingerprint density at radius 1 is 0.691 bits per heavy atom. The number of aliphatic carboxylic acids is 1. The minimum absolute atomic E-state index is 0.0193. The van der Waals surface area contributed by atoms with Crippen LogP contribution in [0.1, 0.15) is 101 Å². The molecular weight excluding hydrogens is 700 g/mol. The van der Waals surface area contributed by atoms with Gasteiger partial charge in [-0.1, -0.05) is 73.5 Å². The third-order valence-corrected chi connectivity index (χ3v) is 13.6. The molecule has 13 nitrogen and oxygen atoms in total. The molecule has 0 aromatic heterocycles. The first-order valence-corrected chi connectivity index (χ1v) is 20.4. The van der Waals surface area contributed by atoms with Crippen molar-refractivity contribution in [3.05, 3.63) is 71.8 Å². The van der Waals surface area contributed by atoms with Crippen LogP contribution in [0.25, 0.3) is 0 Å². The zero-order valence-corrected chi connectivity index (χ0v) is 31.7. The monoisotopic (exact) mass is 756 g/mol. The quantitative estimate of drug-likeness (QED) is 0.299. The molecule has 2 aromatic rings. The van der Waals surface area contributed by atoms with Crippen molar-refractivity contribution in [2.45, 2.75) is 139 Å². The van der Waals surface area contributed by atoms with Gasteiger partial charge in [-0.25, -0.2) is 14.4 Å². The molecule has 55 heavy (non-hydrogen) atoms. The highest BCUT2D eigenvalue weighted by Gasteiger charge is 2.52. The van der Waals surface area contributed by atoms with E-state index in [9.17, 15) is 19.2 Å². The molecule has 13 heteroatoms. The number of piperidine rings is 2. The number of benzene rings is 2. The molecule has 4 aliphatic carbocycles. The number of fused-ring (bicyclic) bond motifs is 4. The number of rotatable bonds is 9. The van der Waals surface area contributed by atoms with E-state index in [0.717, 1.165) is 35.8 Å². The van der Waals surface area contributed by atoms with Gasteiger partial charge in [0, 0.05) is 25.2 Å². The van der Waals surface area contributed by atoms with E-state index in [2.05, 4.69) is 5.32 Å². The molecule has 296 valence electrons. The number of hydrogen-bond donors (Lipinski definition) is 3. The van der Waals surface area contributed by atoms with E-state index in [1.165, 1.54) is 66.4 Å². The number of urea groups is 2. The molecule has 2 aromatic carbocycles. The molecule has 4 saturated carbocycles. The Balaban J connectivity index is 0.000000133. The van der Waals surface area contributed by atoms with Crippen LogP contribution in [-0.2, 0) is 32.5 Å². The fourth-order valence-corrected chi connectivity index (χ4v) is 10.2. The van der Waals surface area contributed by atoms with Gasteiger partial charge in [-0.3, -0.25) is 14.5 Å². The van der Waals surface area contributed by atoms with E-state index >= 15 is 0 Å². The van der Waals surface area contributed by atoms with Gasteiger partial charge < -0.3 is 26.0 Å². The van der Waals surface area contributed by atoms with Crippen LogP contribution in [0.15, 0.2) is 60.7 Å². The lowest BCUT2D eigenvalue weighted by Crippen LogP contribution is -2.58. The number of nitrogens with zero attached hydrogens (tertiary/aromatic N) is 4. The summed E-state index contributed by atoms with van der Waals surface area (Å²) >= 11 is 0. The normalized spacial score (nSPS) is 29.2. The van der Waals surface area contributed by atoms with Gasteiger partial charge in [0.2, 0.25) is 5.91 Å². The van der Waals surface area contributed by atoms with Crippen molar-refractivity contribution in [1.82, 2.24) is 25.2 Å². The average molecular weight is 757 g/mol. The fraction of sp³-hybridized carbons (Fsp3) is 0.619. The van der Waals surface area contributed by atoms with Crippen molar-refractivity contribution >= 4 is 23.9 Å². The Morgan fingerprint density at radius 2 is 1.15 bits per heavy atom. The van der Waals surface area contributed by atoms with E-state index < -0.39 is 12.0 Å².